The first-order chi connectivity index (χ1) is 11.0. The van der Waals surface area contributed by atoms with Gasteiger partial charge in [-0.3, -0.25) is 9.59 Å². The Kier molecular flexibility index (Phi) is 6.96. The van der Waals surface area contributed by atoms with E-state index >= 15 is 0 Å². The molecule has 0 aromatic heterocycles. The predicted octanol–water partition coefficient (Wildman–Crippen LogP) is 2.83. The summed E-state index contributed by atoms with van der Waals surface area (Å²) in [5.74, 6) is 0.192. The van der Waals surface area contributed by atoms with Crippen molar-refractivity contribution < 1.29 is 9.59 Å². The van der Waals surface area contributed by atoms with Crippen molar-refractivity contribution in [2.24, 2.45) is 0 Å². The molecule has 1 aromatic carbocycles. The van der Waals surface area contributed by atoms with Crippen LogP contribution < -0.4 is 5.32 Å². The Hall–Kier alpha value is -1.49. The van der Waals surface area contributed by atoms with Gasteiger partial charge in [0.05, 0.1) is 0 Å². The van der Waals surface area contributed by atoms with Crippen molar-refractivity contribution in [1.29, 1.82) is 0 Å². The van der Waals surface area contributed by atoms with Crippen LogP contribution >= 0.6 is 11.8 Å². The number of hydrogen-bond acceptors (Lipinski definition) is 3. The first-order valence-electron chi connectivity index (χ1n) is 8.28. The Bertz CT molecular complexity index is 511. The van der Waals surface area contributed by atoms with Crippen LogP contribution in [-0.2, 0) is 16.1 Å². The molecule has 0 spiro atoms. The summed E-state index contributed by atoms with van der Waals surface area (Å²) in [5, 5.41) is 3.89. The van der Waals surface area contributed by atoms with E-state index in [1.807, 2.05) is 47.0 Å². The van der Waals surface area contributed by atoms with E-state index in [2.05, 4.69) is 19.2 Å². The maximum Gasteiger partial charge on any atom is 0.222 e. The third kappa shape index (κ3) is 6.26. The standard InChI is InChI=1S/C18H26N2O2S/c1-14-12-20(13-15(2)23-14)18(22)10-6-9-17(21)19-11-16-7-4-3-5-8-16/h3-5,7-8,14-15H,6,9-13H2,1-2H3,(H,19,21)/t14-,15-/m0/s1. The molecule has 1 saturated heterocycles. The first kappa shape index (κ1) is 17.9. The lowest BCUT2D eigenvalue weighted by Gasteiger charge is -2.34. The maximum atomic E-state index is 12.2. The van der Waals surface area contributed by atoms with Crippen molar-refractivity contribution in [1.82, 2.24) is 10.2 Å². The monoisotopic (exact) mass is 334 g/mol. The Morgan fingerprint density at radius 1 is 1.13 bits per heavy atom. The minimum absolute atomic E-state index is 0.0117. The fourth-order valence-electron chi connectivity index (χ4n) is 2.82. The Morgan fingerprint density at radius 2 is 1.78 bits per heavy atom. The van der Waals surface area contributed by atoms with Gasteiger partial charge in [0.15, 0.2) is 0 Å². The molecule has 126 valence electrons. The first-order valence-corrected chi connectivity index (χ1v) is 9.22. The molecule has 2 atom stereocenters. The average Bonchev–Trinajstić information content (AvgIpc) is 2.53. The number of amides is 2. The molecule has 1 aliphatic heterocycles. The average molecular weight is 334 g/mol. The highest BCUT2D eigenvalue weighted by atomic mass is 32.2. The van der Waals surface area contributed by atoms with E-state index in [0.29, 0.717) is 36.3 Å². The van der Waals surface area contributed by atoms with E-state index in [4.69, 9.17) is 0 Å². The Morgan fingerprint density at radius 3 is 2.43 bits per heavy atom. The molecule has 23 heavy (non-hydrogen) atoms. The van der Waals surface area contributed by atoms with Gasteiger partial charge >= 0.3 is 0 Å². The molecule has 1 heterocycles. The number of carbonyl (C=O) groups excluding carboxylic acids is 2. The fraction of sp³-hybridized carbons (Fsp3) is 0.556. The normalized spacial score (nSPS) is 21.0. The molecule has 1 N–H and O–H groups in total. The minimum Gasteiger partial charge on any atom is -0.352 e. The van der Waals surface area contributed by atoms with Crippen molar-refractivity contribution in [2.75, 3.05) is 13.1 Å². The highest BCUT2D eigenvalue weighted by Crippen LogP contribution is 2.25. The van der Waals surface area contributed by atoms with Crippen LogP contribution in [0.15, 0.2) is 30.3 Å². The molecule has 0 saturated carbocycles. The van der Waals surface area contributed by atoms with Crippen molar-refractivity contribution in [3.8, 4) is 0 Å². The molecule has 0 bridgehead atoms. The topological polar surface area (TPSA) is 49.4 Å². The van der Waals surface area contributed by atoms with Crippen LogP contribution in [0.3, 0.4) is 0 Å². The van der Waals surface area contributed by atoms with Gasteiger partial charge in [0.1, 0.15) is 0 Å². The molecule has 0 aliphatic carbocycles. The molecule has 0 unspecified atom stereocenters. The number of hydrogen-bond donors (Lipinski definition) is 1. The van der Waals surface area contributed by atoms with Crippen LogP contribution in [0.1, 0.15) is 38.7 Å². The summed E-state index contributed by atoms with van der Waals surface area (Å²) in [5.41, 5.74) is 1.09. The van der Waals surface area contributed by atoms with Gasteiger partial charge in [-0.05, 0) is 12.0 Å². The number of carbonyl (C=O) groups is 2. The molecular formula is C18H26N2O2S. The second-order valence-electron chi connectivity index (χ2n) is 6.17. The molecule has 1 aromatic rings. The third-order valence-corrected chi connectivity index (χ3v) is 5.13. The van der Waals surface area contributed by atoms with Crippen LogP contribution in [0.25, 0.3) is 0 Å². The van der Waals surface area contributed by atoms with Gasteiger partial charge in [0, 0.05) is 43.0 Å². The zero-order valence-corrected chi connectivity index (χ0v) is 14.8. The number of nitrogens with one attached hydrogen (secondary N) is 1. The van der Waals surface area contributed by atoms with E-state index in [9.17, 15) is 9.59 Å². The van der Waals surface area contributed by atoms with Crippen molar-refractivity contribution in [3.05, 3.63) is 35.9 Å². The van der Waals surface area contributed by atoms with Crippen LogP contribution in [-0.4, -0.2) is 40.3 Å². The second kappa shape index (κ2) is 8.96. The lowest BCUT2D eigenvalue weighted by atomic mass is 10.2. The van der Waals surface area contributed by atoms with Crippen molar-refractivity contribution >= 4 is 23.6 Å². The summed E-state index contributed by atoms with van der Waals surface area (Å²) in [7, 11) is 0. The number of benzene rings is 1. The summed E-state index contributed by atoms with van der Waals surface area (Å²) in [6.07, 6.45) is 1.49. The van der Waals surface area contributed by atoms with E-state index < -0.39 is 0 Å². The van der Waals surface area contributed by atoms with Gasteiger partial charge in [0.2, 0.25) is 11.8 Å². The largest absolute Gasteiger partial charge is 0.352 e. The van der Waals surface area contributed by atoms with Gasteiger partial charge < -0.3 is 10.2 Å². The van der Waals surface area contributed by atoms with Crippen molar-refractivity contribution in [2.45, 2.75) is 50.2 Å². The van der Waals surface area contributed by atoms with E-state index in [0.717, 1.165) is 18.7 Å². The summed E-state index contributed by atoms with van der Waals surface area (Å²) in [4.78, 5) is 26.0. The minimum atomic E-state index is 0.0117. The zero-order valence-electron chi connectivity index (χ0n) is 14.0. The molecule has 5 heteroatoms. The zero-order chi connectivity index (χ0) is 16.7. The van der Waals surface area contributed by atoms with E-state index in [-0.39, 0.29) is 11.8 Å². The Balaban J connectivity index is 1.64. The van der Waals surface area contributed by atoms with Crippen LogP contribution in [0.2, 0.25) is 0 Å². The molecular weight excluding hydrogens is 308 g/mol. The highest BCUT2D eigenvalue weighted by Gasteiger charge is 2.25. The fourth-order valence-corrected chi connectivity index (χ4v) is 4.15. The van der Waals surface area contributed by atoms with Gasteiger partial charge in [0.25, 0.3) is 0 Å². The smallest absolute Gasteiger partial charge is 0.222 e. The highest BCUT2D eigenvalue weighted by molar-refractivity contribution is 8.00. The van der Waals surface area contributed by atoms with Crippen molar-refractivity contribution in [3.63, 3.8) is 0 Å². The molecule has 1 fully saturated rings. The summed E-state index contributed by atoms with van der Waals surface area (Å²) >= 11 is 1.94. The van der Waals surface area contributed by atoms with E-state index in [1.165, 1.54) is 0 Å². The number of rotatable bonds is 6. The lowest BCUT2D eigenvalue weighted by Crippen LogP contribution is -2.44. The summed E-state index contributed by atoms with van der Waals surface area (Å²) in [6, 6.07) is 9.84. The molecule has 2 amide bonds. The van der Waals surface area contributed by atoms with Crippen LogP contribution in [0.5, 0.6) is 0 Å². The molecule has 1 aliphatic rings. The predicted molar refractivity (Wildman–Crippen MR) is 95.2 cm³/mol. The second-order valence-corrected chi connectivity index (χ2v) is 8.05. The van der Waals surface area contributed by atoms with Gasteiger partial charge in [-0.25, -0.2) is 0 Å². The van der Waals surface area contributed by atoms with Crippen LogP contribution in [0.4, 0.5) is 0 Å². The van der Waals surface area contributed by atoms with Crippen LogP contribution in [0, 0.1) is 0 Å². The summed E-state index contributed by atoms with van der Waals surface area (Å²) < 4.78 is 0. The molecule has 2 rings (SSSR count). The van der Waals surface area contributed by atoms with Gasteiger partial charge in [-0.2, -0.15) is 11.8 Å². The third-order valence-electron chi connectivity index (χ3n) is 3.90. The quantitative estimate of drug-likeness (QED) is 0.870. The number of nitrogens with zero attached hydrogens (tertiary/aromatic N) is 1. The maximum absolute atomic E-state index is 12.2. The molecule has 4 nitrogen and oxygen atoms in total. The Labute approximate surface area is 143 Å². The number of thioether (sulfide) groups is 1. The van der Waals surface area contributed by atoms with Gasteiger partial charge in [-0.1, -0.05) is 44.2 Å². The van der Waals surface area contributed by atoms with Gasteiger partial charge in [-0.15, -0.1) is 0 Å². The lowest BCUT2D eigenvalue weighted by molar-refractivity contribution is -0.131. The SMILES string of the molecule is C[C@H]1CN(C(=O)CCCC(=O)NCc2ccccc2)C[C@H](C)S1. The van der Waals surface area contributed by atoms with E-state index in [1.54, 1.807) is 0 Å². The molecule has 0 radical (unpaired) electrons. The summed E-state index contributed by atoms with van der Waals surface area (Å²) in [6.45, 7) is 6.53.